The third-order valence-electron chi connectivity index (χ3n) is 9.95. The van der Waals surface area contributed by atoms with Crippen molar-refractivity contribution in [3.8, 4) is 5.75 Å². The molecule has 1 N–H and O–H groups in total. The van der Waals surface area contributed by atoms with Crippen LogP contribution in [0.15, 0.2) is 78.9 Å². The summed E-state index contributed by atoms with van der Waals surface area (Å²) in [6.45, 7) is 8.97. The molecule has 6 atom stereocenters. The number of aliphatic hydroxyl groups is 1. The quantitative estimate of drug-likeness (QED) is 0.430. The van der Waals surface area contributed by atoms with E-state index in [1.54, 1.807) is 14.7 Å². The number of hydrogen-bond acceptors (Lipinski definition) is 6. The normalized spacial score (nSPS) is 29.9. The molecule has 2 aromatic rings. The molecule has 9 heteroatoms. The highest BCUT2D eigenvalue weighted by atomic mass is 16.5. The Morgan fingerprint density at radius 3 is 2.27 bits per heavy atom. The summed E-state index contributed by atoms with van der Waals surface area (Å²) in [4.78, 5) is 49.2. The van der Waals surface area contributed by atoms with Gasteiger partial charge in [0.25, 0.3) is 0 Å². The number of aliphatic hydroxyl groups excluding tert-OH is 1. The van der Waals surface area contributed by atoms with E-state index in [2.05, 4.69) is 0 Å². The van der Waals surface area contributed by atoms with Crippen molar-refractivity contribution in [2.75, 3.05) is 31.2 Å². The first-order valence-corrected chi connectivity index (χ1v) is 16.1. The van der Waals surface area contributed by atoms with Gasteiger partial charge in [-0.2, -0.15) is 0 Å². The number of amides is 3. The molecule has 1 spiro atoms. The predicted molar refractivity (Wildman–Crippen MR) is 170 cm³/mol. The first-order valence-electron chi connectivity index (χ1n) is 16.1. The summed E-state index contributed by atoms with van der Waals surface area (Å²) in [7, 11) is 0. The number of nitrogens with zero attached hydrogens (tertiary/aromatic N) is 3. The number of ether oxygens (including phenoxy) is 2. The highest BCUT2D eigenvalue weighted by molar-refractivity contribution is 6.04. The zero-order valence-corrected chi connectivity index (χ0v) is 26.5. The molecule has 0 aliphatic carbocycles. The smallest absolute Gasteiger partial charge is 0.249 e. The second-order valence-corrected chi connectivity index (χ2v) is 12.7. The van der Waals surface area contributed by atoms with Gasteiger partial charge in [-0.15, -0.1) is 0 Å². The van der Waals surface area contributed by atoms with Crippen molar-refractivity contribution < 1.29 is 29.0 Å². The van der Waals surface area contributed by atoms with E-state index in [1.807, 2.05) is 107 Å². The van der Waals surface area contributed by atoms with E-state index in [4.69, 9.17) is 9.47 Å². The topological polar surface area (TPSA) is 99.6 Å². The second-order valence-electron chi connectivity index (χ2n) is 12.7. The van der Waals surface area contributed by atoms with Gasteiger partial charge in [-0.3, -0.25) is 14.4 Å². The monoisotopic (exact) mass is 613 g/mol. The number of anilines is 1. The number of likely N-dealkylation sites (tertiary alicyclic amines) is 1. The first-order chi connectivity index (χ1) is 21.7. The summed E-state index contributed by atoms with van der Waals surface area (Å²) in [5.74, 6) is -2.06. The molecule has 0 aromatic heterocycles. The van der Waals surface area contributed by atoms with Crippen LogP contribution < -0.4 is 9.64 Å². The lowest BCUT2D eigenvalue weighted by molar-refractivity contribution is -0.157. The molecule has 2 saturated heterocycles. The maximum atomic E-state index is 14.8. The van der Waals surface area contributed by atoms with E-state index in [9.17, 15) is 19.5 Å². The van der Waals surface area contributed by atoms with Crippen LogP contribution in [0.2, 0.25) is 0 Å². The molecule has 6 rings (SSSR count). The molecule has 4 aliphatic rings. The summed E-state index contributed by atoms with van der Waals surface area (Å²) in [5, 5.41) is 10.6. The minimum Gasteiger partial charge on any atom is -0.494 e. The summed E-state index contributed by atoms with van der Waals surface area (Å²) >= 11 is 0. The Labute approximate surface area is 265 Å². The molecule has 0 radical (unpaired) electrons. The predicted octanol–water partition coefficient (Wildman–Crippen LogP) is 3.96. The second kappa shape index (κ2) is 12.1. The van der Waals surface area contributed by atoms with Crippen molar-refractivity contribution in [3.63, 3.8) is 0 Å². The van der Waals surface area contributed by atoms with E-state index in [0.29, 0.717) is 44.1 Å². The Morgan fingerprint density at radius 2 is 1.62 bits per heavy atom. The Kier molecular flexibility index (Phi) is 8.35. The average Bonchev–Trinajstić information content (AvgIpc) is 3.33. The highest BCUT2D eigenvalue weighted by Crippen LogP contribution is 2.59. The van der Waals surface area contributed by atoms with Gasteiger partial charge in [-0.1, -0.05) is 75.4 Å². The maximum Gasteiger partial charge on any atom is 0.249 e. The van der Waals surface area contributed by atoms with Crippen molar-refractivity contribution in [2.24, 2.45) is 17.8 Å². The molecule has 2 aromatic carbocycles. The Hall–Kier alpha value is -3.95. The summed E-state index contributed by atoms with van der Waals surface area (Å²) in [6, 6.07) is 15.4. The van der Waals surface area contributed by atoms with E-state index in [0.717, 1.165) is 5.56 Å². The third-order valence-corrected chi connectivity index (χ3v) is 9.95. The van der Waals surface area contributed by atoms with Gasteiger partial charge in [0.05, 0.1) is 36.7 Å². The molecular formula is C36H43N3O6. The summed E-state index contributed by atoms with van der Waals surface area (Å²) in [5.41, 5.74) is -0.814. The van der Waals surface area contributed by atoms with Crippen molar-refractivity contribution >= 4 is 23.4 Å². The maximum absolute atomic E-state index is 14.8. The molecule has 3 amide bonds. The average molecular weight is 614 g/mol. The largest absolute Gasteiger partial charge is 0.494 e. The molecule has 4 aliphatic heterocycles. The van der Waals surface area contributed by atoms with Crippen LogP contribution in [0.1, 0.15) is 39.7 Å². The molecule has 45 heavy (non-hydrogen) atoms. The molecule has 238 valence electrons. The molecule has 9 nitrogen and oxygen atoms in total. The number of rotatable bonds is 9. The van der Waals surface area contributed by atoms with Crippen molar-refractivity contribution in [2.45, 2.75) is 63.9 Å². The molecular weight excluding hydrogens is 570 g/mol. The molecule has 4 heterocycles. The van der Waals surface area contributed by atoms with Gasteiger partial charge in [-0.25, -0.2) is 0 Å². The van der Waals surface area contributed by atoms with Gasteiger partial charge in [0.15, 0.2) is 0 Å². The van der Waals surface area contributed by atoms with Crippen LogP contribution in [0.5, 0.6) is 5.75 Å². The fourth-order valence-corrected chi connectivity index (χ4v) is 7.79. The fraction of sp³-hybridized carbons (Fsp3) is 0.472. The van der Waals surface area contributed by atoms with E-state index in [-0.39, 0.29) is 30.2 Å². The number of carbonyl (C=O) groups is 3. The summed E-state index contributed by atoms with van der Waals surface area (Å²) < 4.78 is 12.7. The van der Waals surface area contributed by atoms with E-state index >= 15 is 0 Å². The molecule has 0 bridgehead atoms. The van der Waals surface area contributed by atoms with Crippen LogP contribution in [0, 0.1) is 17.8 Å². The van der Waals surface area contributed by atoms with Crippen LogP contribution in [-0.4, -0.2) is 82.2 Å². The van der Waals surface area contributed by atoms with E-state index in [1.165, 1.54) is 0 Å². The number of benzene rings is 2. The van der Waals surface area contributed by atoms with Gasteiger partial charge in [-0.05, 0) is 49.1 Å². The van der Waals surface area contributed by atoms with Crippen molar-refractivity contribution in [1.29, 1.82) is 0 Å². The zero-order chi connectivity index (χ0) is 31.9. The lowest BCUT2D eigenvalue weighted by Gasteiger charge is -2.41. The lowest BCUT2D eigenvalue weighted by Crippen LogP contribution is -2.59. The minimum atomic E-state index is -1.38. The van der Waals surface area contributed by atoms with Gasteiger partial charge < -0.3 is 29.3 Å². The summed E-state index contributed by atoms with van der Waals surface area (Å²) in [6.07, 6.45) is 8.08. The first kappa shape index (κ1) is 31.0. The van der Waals surface area contributed by atoms with Gasteiger partial charge in [0.2, 0.25) is 17.7 Å². The van der Waals surface area contributed by atoms with Gasteiger partial charge >= 0.3 is 0 Å². The van der Waals surface area contributed by atoms with Crippen LogP contribution in [0.3, 0.4) is 0 Å². The SMILES string of the molecule is CCOc1ccc(N2CC=C[C@@]3(CC)O[C@]45C=CCN(Cc6ccccc6)C(=O)C4N([C@@H](CO)C(C)C)C(=O)[C@@H]5[C@H]3C2=O)cc1. The number of fused-ring (bicyclic) bond motifs is 2. The minimum absolute atomic E-state index is 0.140. The van der Waals surface area contributed by atoms with Gasteiger partial charge in [0, 0.05) is 25.3 Å². The van der Waals surface area contributed by atoms with E-state index < -0.39 is 35.1 Å². The van der Waals surface area contributed by atoms with Crippen molar-refractivity contribution in [1.82, 2.24) is 9.80 Å². The molecule has 1 unspecified atom stereocenters. The van der Waals surface area contributed by atoms with Crippen LogP contribution >= 0.6 is 0 Å². The highest BCUT2D eigenvalue weighted by Gasteiger charge is 2.76. The lowest BCUT2D eigenvalue weighted by atomic mass is 9.73. The molecule has 2 fully saturated rings. The van der Waals surface area contributed by atoms with Crippen LogP contribution in [-0.2, 0) is 25.7 Å². The van der Waals surface area contributed by atoms with Gasteiger partial charge in [0.1, 0.15) is 17.4 Å². The standard InChI is InChI=1S/C36H43N3O6/c1-5-35-18-10-21-38(26-14-16-27(17-15-26)44-6-2)32(41)29(35)30-33(42)39(28(23-40)24(3)4)31-34(43)37(20-11-19-36(30,31)45-35)22-25-12-8-7-9-13-25/h7-19,24,28-31,40H,5-6,20-23H2,1-4H3/t28-,29-,30-,31?,35+,36-/m0/s1. The Morgan fingerprint density at radius 1 is 0.911 bits per heavy atom. The van der Waals surface area contributed by atoms with Crippen LogP contribution in [0.4, 0.5) is 5.69 Å². The van der Waals surface area contributed by atoms with Crippen LogP contribution in [0.25, 0.3) is 0 Å². The molecule has 0 saturated carbocycles. The fourth-order valence-electron chi connectivity index (χ4n) is 7.79. The third kappa shape index (κ3) is 4.97. The Bertz CT molecular complexity index is 1490. The number of carbonyl (C=O) groups excluding carboxylic acids is 3. The van der Waals surface area contributed by atoms with Crippen molar-refractivity contribution in [3.05, 3.63) is 84.5 Å². The zero-order valence-electron chi connectivity index (χ0n) is 26.5. The Balaban J connectivity index is 1.46. The number of hydrogen-bond donors (Lipinski definition) is 1.